The lowest BCUT2D eigenvalue weighted by Gasteiger charge is -2.06. The third-order valence-electron chi connectivity index (χ3n) is 3.89. The van der Waals surface area contributed by atoms with E-state index in [-0.39, 0.29) is 11.4 Å². The number of aryl methyl sites for hydroxylation is 1. The molecule has 0 unspecified atom stereocenters. The van der Waals surface area contributed by atoms with Crippen molar-refractivity contribution in [3.8, 4) is 17.1 Å². The Morgan fingerprint density at radius 1 is 1.12 bits per heavy atom. The van der Waals surface area contributed by atoms with Crippen LogP contribution in [0.15, 0.2) is 51.8 Å². The van der Waals surface area contributed by atoms with Crippen LogP contribution in [0.5, 0.6) is 0 Å². The molecule has 0 radical (unpaired) electrons. The van der Waals surface area contributed by atoms with Crippen LogP contribution in [0.25, 0.3) is 28.0 Å². The van der Waals surface area contributed by atoms with Gasteiger partial charge in [0.15, 0.2) is 5.82 Å². The van der Waals surface area contributed by atoms with Crippen molar-refractivity contribution in [2.24, 2.45) is 0 Å². The highest BCUT2D eigenvalue weighted by Gasteiger charge is 2.31. The Hall–Kier alpha value is -3.16. The first-order valence-electron chi connectivity index (χ1n) is 7.31. The van der Waals surface area contributed by atoms with Crippen molar-refractivity contribution in [2.45, 2.75) is 13.1 Å². The summed E-state index contributed by atoms with van der Waals surface area (Å²) in [4.78, 5) is 16.4. The number of nitrogens with zero attached hydrogens (tertiary/aromatic N) is 3. The average molecular weight is 345 g/mol. The molecule has 0 amide bonds. The number of aromatic nitrogens is 3. The molecule has 0 fully saturated rings. The molecule has 0 saturated carbocycles. The molecule has 4 rings (SSSR count). The van der Waals surface area contributed by atoms with Crippen LogP contribution in [0.3, 0.4) is 0 Å². The van der Waals surface area contributed by atoms with Gasteiger partial charge in [-0.2, -0.15) is 23.0 Å². The van der Waals surface area contributed by atoms with Gasteiger partial charge in [0, 0.05) is 11.6 Å². The van der Waals surface area contributed by atoms with Gasteiger partial charge in [-0.15, -0.1) is 0 Å². The maximum absolute atomic E-state index is 12.7. The summed E-state index contributed by atoms with van der Waals surface area (Å²) in [7, 11) is 0. The van der Waals surface area contributed by atoms with Crippen LogP contribution < -0.4 is 5.56 Å². The fourth-order valence-electron chi connectivity index (χ4n) is 2.71. The Morgan fingerprint density at radius 3 is 2.56 bits per heavy atom. The van der Waals surface area contributed by atoms with E-state index in [4.69, 9.17) is 4.42 Å². The Balaban J connectivity index is 1.96. The van der Waals surface area contributed by atoms with Gasteiger partial charge in [0.05, 0.1) is 5.56 Å². The average Bonchev–Trinajstić information content (AvgIpc) is 2.93. The van der Waals surface area contributed by atoms with Crippen LogP contribution in [0.4, 0.5) is 13.2 Å². The minimum Gasteiger partial charge on any atom is -0.460 e. The molecule has 3 heterocycles. The second kappa shape index (κ2) is 5.17. The van der Waals surface area contributed by atoms with Crippen LogP contribution in [0.2, 0.25) is 0 Å². The van der Waals surface area contributed by atoms with Gasteiger partial charge < -0.3 is 4.42 Å². The van der Waals surface area contributed by atoms with Crippen LogP contribution in [-0.4, -0.2) is 14.8 Å². The van der Waals surface area contributed by atoms with Crippen molar-refractivity contribution in [1.82, 2.24) is 14.8 Å². The van der Waals surface area contributed by atoms with Gasteiger partial charge in [0.1, 0.15) is 22.6 Å². The minimum absolute atomic E-state index is 0.0117. The normalized spacial score (nSPS) is 12.2. The van der Waals surface area contributed by atoms with Gasteiger partial charge in [0.2, 0.25) is 0 Å². The van der Waals surface area contributed by atoms with E-state index in [9.17, 15) is 18.0 Å². The molecule has 2 aromatic rings. The summed E-state index contributed by atoms with van der Waals surface area (Å²) >= 11 is 0. The maximum atomic E-state index is 12.7. The standard InChI is InChI=1S/C17H10F3N3O2/c1-9-14-15(11-4-2-3-5-12(11)25-9)22-23(16(14)24)13-7-6-10(8-21-13)17(18,19)20/h2-8H,1H3. The number of halogens is 3. The zero-order valence-corrected chi connectivity index (χ0v) is 12.8. The summed E-state index contributed by atoms with van der Waals surface area (Å²) in [6.45, 7) is 1.64. The molecule has 0 bridgehead atoms. The molecule has 0 spiro atoms. The summed E-state index contributed by atoms with van der Waals surface area (Å²) in [5.41, 5.74) is -0.115. The molecule has 5 nitrogen and oxygen atoms in total. The summed E-state index contributed by atoms with van der Waals surface area (Å²) in [6, 6.07) is 9.07. The van der Waals surface area contributed by atoms with E-state index in [1.54, 1.807) is 31.2 Å². The summed E-state index contributed by atoms with van der Waals surface area (Å²) in [5, 5.41) is 4.91. The van der Waals surface area contributed by atoms with Crippen molar-refractivity contribution < 1.29 is 17.6 Å². The molecule has 2 aliphatic heterocycles. The minimum atomic E-state index is -4.49. The molecule has 126 valence electrons. The fraction of sp³-hybridized carbons (Fsp3) is 0.118. The topological polar surface area (TPSA) is 60.9 Å². The molecular weight excluding hydrogens is 335 g/mol. The Bertz CT molecular complexity index is 1110. The van der Waals surface area contributed by atoms with E-state index in [0.717, 1.165) is 16.8 Å². The summed E-state index contributed by atoms with van der Waals surface area (Å²) in [6.07, 6.45) is -3.82. The van der Waals surface area contributed by atoms with Crippen molar-refractivity contribution in [2.75, 3.05) is 0 Å². The highest BCUT2D eigenvalue weighted by atomic mass is 19.4. The monoisotopic (exact) mass is 345 g/mol. The SMILES string of the molecule is Cc1oc2ccccc2c2nn(-c3ccc(C(F)(F)F)cn3)c(=O)c1-2. The number of benzene rings is 1. The molecule has 2 aliphatic rings. The Labute approximate surface area is 138 Å². The van der Waals surface area contributed by atoms with Gasteiger partial charge in [-0.3, -0.25) is 4.79 Å². The number of fused-ring (bicyclic) bond motifs is 3. The van der Waals surface area contributed by atoms with E-state index < -0.39 is 17.3 Å². The third-order valence-corrected chi connectivity index (χ3v) is 3.89. The largest absolute Gasteiger partial charge is 0.460 e. The zero-order valence-electron chi connectivity index (χ0n) is 12.8. The predicted octanol–water partition coefficient (Wildman–Crippen LogP) is 3.81. The van der Waals surface area contributed by atoms with Gasteiger partial charge in [-0.1, -0.05) is 12.1 Å². The highest BCUT2D eigenvalue weighted by molar-refractivity contribution is 5.92. The van der Waals surface area contributed by atoms with E-state index in [0.29, 0.717) is 28.6 Å². The number of hydrogen-bond acceptors (Lipinski definition) is 4. The first kappa shape index (κ1) is 15.4. The molecule has 0 atom stereocenters. The second-order valence-electron chi connectivity index (χ2n) is 5.50. The van der Waals surface area contributed by atoms with Gasteiger partial charge >= 0.3 is 6.18 Å². The van der Waals surface area contributed by atoms with Crippen LogP contribution >= 0.6 is 0 Å². The van der Waals surface area contributed by atoms with Gasteiger partial charge in [-0.05, 0) is 31.2 Å². The zero-order chi connectivity index (χ0) is 17.8. The number of hydrogen-bond donors (Lipinski definition) is 0. The lowest BCUT2D eigenvalue weighted by molar-refractivity contribution is -0.137. The van der Waals surface area contributed by atoms with Crippen molar-refractivity contribution in [1.29, 1.82) is 0 Å². The van der Waals surface area contributed by atoms with E-state index >= 15 is 0 Å². The smallest absolute Gasteiger partial charge is 0.417 e. The Morgan fingerprint density at radius 2 is 1.88 bits per heavy atom. The summed E-state index contributed by atoms with van der Waals surface area (Å²) < 4.78 is 44.6. The number of para-hydroxylation sites is 1. The molecule has 1 aromatic carbocycles. The van der Waals surface area contributed by atoms with Crippen LogP contribution in [-0.2, 0) is 6.18 Å². The highest BCUT2D eigenvalue weighted by Crippen LogP contribution is 2.31. The Kier molecular flexibility index (Phi) is 3.18. The van der Waals surface area contributed by atoms with E-state index in [1.165, 1.54) is 0 Å². The number of pyridine rings is 1. The molecule has 0 saturated heterocycles. The lowest BCUT2D eigenvalue weighted by atomic mass is 10.1. The van der Waals surface area contributed by atoms with Gasteiger partial charge in [0.25, 0.3) is 5.56 Å². The van der Waals surface area contributed by atoms with Crippen LogP contribution in [0, 0.1) is 6.92 Å². The molecular formula is C17H10F3N3O2. The van der Waals surface area contributed by atoms with Crippen molar-refractivity contribution in [3.05, 3.63) is 64.3 Å². The predicted molar refractivity (Wildman–Crippen MR) is 83.8 cm³/mol. The lowest BCUT2D eigenvalue weighted by Crippen LogP contribution is -2.17. The molecule has 8 heteroatoms. The van der Waals surface area contributed by atoms with Crippen molar-refractivity contribution in [3.63, 3.8) is 0 Å². The molecule has 1 aromatic heterocycles. The van der Waals surface area contributed by atoms with E-state index in [2.05, 4.69) is 10.1 Å². The fourth-order valence-corrected chi connectivity index (χ4v) is 2.71. The maximum Gasteiger partial charge on any atom is 0.417 e. The van der Waals surface area contributed by atoms with Gasteiger partial charge in [-0.25, -0.2) is 4.98 Å². The first-order chi connectivity index (χ1) is 11.9. The molecule has 0 N–H and O–H groups in total. The molecule has 25 heavy (non-hydrogen) atoms. The number of rotatable bonds is 1. The first-order valence-corrected chi connectivity index (χ1v) is 7.31. The van der Waals surface area contributed by atoms with Crippen molar-refractivity contribution >= 4 is 11.0 Å². The van der Waals surface area contributed by atoms with Crippen LogP contribution in [0.1, 0.15) is 11.3 Å². The number of alkyl halides is 3. The molecule has 0 aliphatic carbocycles. The quantitative estimate of drug-likeness (QED) is 0.526. The summed E-state index contributed by atoms with van der Waals surface area (Å²) in [5.74, 6) is 0.398. The van der Waals surface area contributed by atoms with E-state index in [1.807, 2.05) is 0 Å². The second-order valence-corrected chi connectivity index (χ2v) is 5.50. The third kappa shape index (κ3) is 2.37.